The van der Waals surface area contributed by atoms with E-state index in [0.29, 0.717) is 0 Å². The normalized spacial score (nSPS) is 10.6. The van der Waals surface area contributed by atoms with Crippen molar-refractivity contribution in [3.63, 3.8) is 0 Å². The van der Waals surface area contributed by atoms with E-state index in [-0.39, 0.29) is 0 Å². The van der Waals surface area contributed by atoms with E-state index in [2.05, 4.69) is 36.0 Å². The topological polar surface area (TPSA) is 37.4 Å². The van der Waals surface area contributed by atoms with Crippen molar-refractivity contribution < 1.29 is 4.74 Å². The number of pyridine rings is 1. The maximum Gasteiger partial charge on any atom is 0.129 e. The maximum absolute atomic E-state index is 5.71. The second kappa shape index (κ2) is 7.90. The third kappa shape index (κ3) is 5.04. The second-order valence-corrected chi connectivity index (χ2v) is 3.78. The third-order valence-corrected chi connectivity index (χ3v) is 2.66. The molecule has 0 spiro atoms. The van der Waals surface area contributed by atoms with Crippen LogP contribution in [0.25, 0.3) is 0 Å². The number of likely N-dealkylation sites (N-methyl/N-ethyl adjacent to an activating group) is 1. The highest BCUT2D eigenvalue weighted by Crippen LogP contribution is 2.14. The number of nitrogens with zero attached hydrogens (tertiary/aromatic N) is 2. The van der Waals surface area contributed by atoms with E-state index in [1.807, 2.05) is 12.1 Å². The molecule has 0 atom stereocenters. The summed E-state index contributed by atoms with van der Waals surface area (Å²) in [5, 5.41) is 3.17. The molecule has 96 valence electrons. The summed E-state index contributed by atoms with van der Waals surface area (Å²) in [6, 6.07) is 3.83. The summed E-state index contributed by atoms with van der Waals surface area (Å²) in [7, 11) is 0. The van der Waals surface area contributed by atoms with Gasteiger partial charge < -0.3 is 15.0 Å². The summed E-state index contributed by atoms with van der Waals surface area (Å²) in [6.07, 6.45) is 1.77. The average Bonchev–Trinajstić information content (AvgIpc) is 2.36. The van der Waals surface area contributed by atoms with Crippen LogP contribution in [0.5, 0.6) is 5.75 Å². The summed E-state index contributed by atoms with van der Waals surface area (Å²) in [5.41, 5.74) is 0. The molecule has 17 heavy (non-hydrogen) atoms. The Hall–Kier alpha value is -1.29. The molecular weight excluding hydrogens is 214 g/mol. The predicted molar refractivity (Wildman–Crippen MR) is 71.7 cm³/mol. The number of anilines is 1. The van der Waals surface area contributed by atoms with Crippen LogP contribution >= 0.6 is 0 Å². The van der Waals surface area contributed by atoms with Crippen LogP contribution in [0.3, 0.4) is 0 Å². The van der Waals surface area contributed by atoms with Gasteiger partial charge in [0.25, 0.3) is 0 Å². The van der Waals surface area contributed by atoms with Crippen molar-refractivity contribution in [1.29, 1.82) is 0 Å². The lowest BCUT2D eigenvalue weighted by Gasteiger charge is -2.18. The summed E-state index contributed by atoms with van der Waals surface area (Å²) < 4.78 is 5.71. The van der Waals surface area contributed by atoms with Gasteiger partial charge in [-0.25, -0.2) is 4.98 Å². The van der Waals surface area contributed by atoms with E-state index in [9.17, 15) is 0 Å². The Labute approximate surface area is 104 Å². The average molecular weight is 237 g/mol. The zero-order chi connectivity index (χ0) is 12.5. The third-order valence-electron chi connectivity index (χ3n) is 2.66. The van der Waals surface area contributed by atoms with E-state index in [4.69, 9.17) is 4.74 Å². The van der Waals surface area contributed by atoms with Gasteiger partial charge in [-0.05, 0) is 26.1 Å². The molecule has 0 radical (unpaired) electrons. The van der Waals surface area contributed by atoms with Crippen LogP contribution in [0.2, 0.25) is 0 Å². The molecule has 0 aliphatic rings. The number of hydrogen-bond donors (Lipinski definition) is 1. The van der Waals surface area contributed by atoms with Gasteiger partial charge >= 0.3 is 0 Å². The van der Waals surface area contributed by atoms with Gasteiger partial charge in [0.1, 0.15) is 18.2 Å². The molecule has 0 bridgehead atoms. The fraction of sp³-hybridized carbons (Fsp3) is 0.615. The molecule has 0 saturated carbocycles. The van der Waals surface area contributed by atoms with E-state index in [1.165, 1.54) is 0 Å². The lowest BCUT2D eigenvalue weighted by atomic mass is 10.4. The Morgan fingerprint density at radius 1 is 1.29 bits per heavy atom. The van der Waals surface area contributed by atoms with Gasteiger partial charge in [0.05, 0.1) is 0 Å². The SMILES string of the molecule is CCNc1cc(OCCN(CC)CC)ccn1. The van der Waals surface area contributed by atoms with E-state index >= 15 is 0 Å². The molecule has 0 amide bonds. The standard InChI is InChI=1S/C13H23N3O/c1-4-14-13-11-12(7-8-15-13)17-10-9-16(5-2)6-3/h7-8,11H,4-6,9-10H2,1-3H3,(H,14,15). The van der Waals surface area contributed by atoms with Gasteiger partial charge in [0.2, 0.25) is 0 Å². The maximum atomic E-state index is 5.71. The Kier molecular flexibility index (Phi) is 6.40. The quantitative estimate of drug-likeness (QED) is 0.752. The van der Waals surface area contributed by atoms with Crippen molar-refractivity contribution in [2.75, 3.05) is 38.1 Å². The molecule has 1 aromatic rings. The zero-order valence-corrected chi connectivity index (χ0v) is 11.1. The van der Waals surface area contributed by atoms with Crippen molar-refractivity contribution in [1.82, 2.24) is 9.88 Å². The summed E-state index contributed by atoms with van der Waals surface area (Å²) in [6.45, 7) is 11.1. The highest BCUT2D eigenvalue weighted by Gasteiger charge is 2.00. The van der Waals surface area contributed by atoms with Crippen LogP contribution in [0.1, 0.15) is 20.8 Å². The van der Waals surface area contributed by atoms with Gasteiger partial charge in [0.15, 0.2) is 0 Å². The van der Waals surface area contributed by atoms with Crippen LogP contribution < -0.4 is 10.1 Å². The molecule has 1 N–H and O–H groups in total. The number of rotatable bonds is 8. The van der Waals surface area contributed by atoms with Gasteiger partial charge in [0, 0.05) is 25.4 Å². The predicted octanol–water partition coefficient (Wildman–Crippen LogP) is 2.23. The summed E-state index contributed by atoms with van der Waals surface area (Å²) in [4.78, 5) is 6.54. The van der Waals surface area contributed by atoms with Gasteiger partial charge in [-0.2, -0.15) is 0 Å². The second-order valence-electron chi connectivity index (χ2n) is 3.78. The largest absolute Gasteiger partial charge is 0.492 e. The Morgan fingerprint density at radius 2 is 2.06 bits per heavy atom. The molecule has 0 saturated heterocycles. The van der Waals surface area contributed by atoms with E-state index in [0.717, 1.165) is 44.4 Å². The van der Waals surface area contributed by atoms with Crippen LogP contribution in [0.4, 0.5) is 5.82 Å². The van der Waals surface area contributed by atoms with Gasteiger partial charge in [-0.1, -0.05) is 13.8 Å². The monoisotopic (exact) mass is 237 g/mol. The fourth-order valence-corrected chi connectivity index (χ4v) is 1.61. The minimum Gasteiger partial charge on any atom is -0.492 e. The molecule has 0 aliphatic heterocycles. The first-order valence-corrected chi connectivity index (χ1v) is 6.35. The first-order valence-electron chi connectivity index (χ1n) is 6.35. The number of ether oxygens (including phenoxy) is 1. The minimum atomic E-state index is 0.720. The summed E-state index contributed by atoms with van der Waals surface area (Å²) >= 11 is 0. The first kappa shape index (κ1) is 13.8. The molecule has 4 nitrogen and oxygen atoms in total. The highest BCUT2D eigenvalue weighted by molar-refractivity contribution is 5.40. The Balaban J connectivity index is 2.38. The molecule has 1 aromatic heterocycles. The fourth-order valence-electron chi connectivity index (χ4n) is 1.61. The summed E-state index contributed by atoms with van der Waals surface area (Å²) in [5.74, 6) is 1.75. The molecule has 0 aromatic carbocycles. The van der Waals surface area contributed by atoms with Crippen molar-refractivity contribution in [3.05, 3.63) is 18.3 Å². The van der Waals surface area contributed by atoms with Crippen molar-refractivity contribution in [2.45, 2.75) is 20.8 Å². The van der Waals surface area contributed by atoms with Gasteiger partial charge in [-0.3, -0.25) is 0 Å². The lowest BCUT2D eigenvalue weighted by molar-refractivity contribution is 0.223. The lowest BCUT2D eigenvalue weighted by Crippen LogP contribution is -2.27. The molecule has 0 fully saturated rings. The van der Waals surface area contributed by atoms with Crippen molar-refractivity contribution in [3.8, 4) is 5.75 Å². The number of hydrogen-bond acceptors (Lipinski definition) is 4. The molecule has 0 aliphatic carbocycles. The van der Waals surface area contributed by atoms with Gasteiger partial charge in [-0.15, -0.1) is 0 Å². The smallest absolute Gasteiger partial charge is 0.129 e. The minimum absolute atomic E-state index is 0.720. The van der Waals surface area contributed by atoms with Crippen LogP contribution in [-0.4, -0.2) is 42.7 Å². The Bertz CT molecular complexity index is 313. The van der Waals surface area contributed by atoms with Crippen molar-refractivity contribution >= 4 is 5.82 Å². The molecular formula is C13H23N3O. The Morgan fingerprint density at radius 3 is 2.71 bits per heavy atom. The van der Waals surface area contributed by atoms with Crippen LogP contribution in [-0.2, 0) is 0 Å². The first-order chi connectivity index (χ1) is 8.30. The molecule has 1 heterocycles. The number of nitrogens with one attached hydrogen (secondary N) is 1. The van der Waals surface area contributed by atoms with Crippen molar-refractivity contribution in [2.24, 2.45) is 0 Å². The molecule has 0 unspecified atom stereocenters. The molecule has 4 heteroatoms. The number of aromatic nitrogens is 1. The zero-order valence-electron chi connectivity index (χ0n) is 11.1. The van der Waals surface area contributed by atoms with E-state index in [1.54, 1.807) is 6.20 Å². The van der Waals surface area contributed by atoms with E-state index < -0.39 is 0 Å². The molecule has 1 rings (SSSR count). The van der Waals surface area contributed by atoms with Crippen LogP contribution in [0.15, 0.2) is 18.3 Å². The van der Waals surface area contributed by atoms with Crippen LogP contribution in [0, 0.1) is 0 Å². The highest BCUT2D eigenvalue weighted by atomic mass is 16.5.